The first kappa shape index (κ1) is 15.0. The average molecular weight is 335 g/mol. The molecule has 0 aliphatic rings. The van der Waals surface area contributed by atoms with Crippen LogP contribution in [0.15, 0.2) is 35.4 Å². The lowest BCUT2D eigenvalue weighted by Gasteiger charge is -2.09. The minimum Gasteiger partial charge on any atom is -0.279 e. The highest BCUT2D eigenvalue weighted by atomic mass is 35.5. The van der Waals surface area contributed by atoms with Crippen molar-refractivity contribution in [1.82, 2.24) is 4.98 Å². The Balaban J connectivity index is 2.35. The Kier molecular flexibility index (Phi) is 4.17. The van der Waals surface area contributed by atoms with E-state index in [1.807, 2.05) is 0 Å². The van der Waals surface area contributed by atoms with Crippen molar-refractivity contribution in [3.63, 3.8) is 0 Å². The van der Waals surface area contributed by atoms with Crippen LogP contribution in [-0.2, 0) is 10.0 Å². The summed E-state index contributed by atoms with van der Waals surface area (Å²) >= 11 is 11.3. The molecule has 20 heavy (non-hydrogen) atoms. The second-order valence-electron chi connectivity index (χ2n) is 4.01. The predicted molar refractivity (Wildman–Crippen MR) is 76.2 cm³/mol. The van der Waals surface area contributed by atoms with Gasteiger partial charge in [0.15, 0.2) is 0 Å². The van der Waals surface area contributed by atoms with Gasteiger partial charge in [0.1, 0.15) is 15.9 Å². The Hall–Kier alpha value is -1.37. The summed E-state index contributed by atoms with van der Waals surface area (Å²) in [5.74, 6) is -0.502. The zero-order valence-electron chi connectivity index (χ0n) is 10.2. The molecule has 0 saturated heterocycles. The molecule has 4 nitrogen and oxygen atoms in total. The van der Waals surface area contributed by atoms with Crippen LogP contribution in [0, 0.1) is 12.7 Å². The van der Waals surface area contributed by atoms with E-state index in [9.17, 15) is 12.8 Å². The van der Waals surface area contributed by atoms with Gasteiger partial charge in [-0.15, -0.1) is 0 Å². The van der Waals surface area contributed by atoms with Crippen LogP contribution < -0.4 is 4.72 Å². The first-order valence-electron chi connectivity index (χ1n) is 5.39. The van der Waals surface area contributed by atoms with Gasteiger partial charge in [0, 0.05) is 6.20 Å². The molecule has 0 radical (unpaired) electrons. The smallest absolute Gasteiger partial charge is 0.263 e. The lowest BCUT2D eigenvalue weighted by molar-refractivity contribution is 0.600. The molecule has 1 N–H and O–H groups in total. The molecule has 0 aliphatic carbocycles. The van der Waals surface area contributed by atoms with Gasteiger partial charge in [-0.25, -0.2) is 17.8 Å². The molecule has 0 bridgehead atoms. The Morgan fingerprint density at radius 1 is 1.25 bits per heavy atom. The minimum atomic E-state index is -3.90. The number of rotatable bonds is 3. The molecule has 0 saturated carbocycles. The Labute approximate surface area is 125 Å². The van der Waals surface area contributed by atoms with Crippen LogP contribution >= 0.6 is 23.2 Å². The van der Waals surface area contributed by atoms with Gasteiger partial charge in [-0.2, -0.15) is 0 Å². The van der Waals surface area contributed by atoms with Gasteiger partial charge in [0.05, 0.1) is 10.7 Å². The van der Waals surface area contributed by atoms with Crippen molar-refractivity contribution in [3.8, 4) is 0 Å². The number of hydrogen-bond donors (Lipinski definition) is 1. The molecule has 0 amide bonds. The van der Waals surface area contributed by atoms with Gasteiger partial charge in [0.2, 0.25) is 0 Å². The van der Waals surface area contributed by atoms with Gasteiger partial charge in [-0.05, 0) is 30.7 Å². The number of nitrogens with one attached hydrogen (secondary N) is 1. The number of sulfonamides is 1. The number of halogens is 3. The molecule has 8 heteroatoms. The van der Waals surface area contributed by atoms with Crippen molar-refractivity contribution >= 4 is 38.9 Å². The molecular formula is C12H9Cl2FN2O2S. The van der Waals surface area contributed by atoms with Crippen molar-refractivity contribution in [2.24, 2.45) is 0 Å². The summed E-state index contributed by atoms with van der Waals surface area (Å²) in [5.41, 5.74) is 0.531. The molecule has 106 valence electrons. The van der Waals surface area contributed by atoms with Crippen LogP contribution in [0.5, 0.6) is 0 Å². The lowest BCUT2D eigenvalue weighted by atomic mass is 10.2. The quantitative estimate of drug-likeness (QED) is 0.872. The van der Waals surface area contributed by atoms with Gasteiger partial charge in [-0.1, -0.05) is 29.3 Å². The van der Waals surface area contributed by atoms with Crippen LogP contribution in [-0.4, -0.2) is 13.4 Å². The maximum absolute atomic E-state index is 13.4. The highest BCUT2D eigenvalue weighted by molar-refractivity contribution is 7.92. The fraction of sp³-hybridized carbons (Fsp3) is 0.0833. The standard InChI is InChI=1S/C12H9Cl2FN2O2S/c1-7-2-3-8(4-11(7)15)17-20(18,19)9-5-10(13)12(14)16-6-9/h2-6,17H,1H3. The second-order valence-corrected chi connectivity index (χ2v) is 6.46. The van der Waals surface area contributed by atoms with Crippen LogP contribution in [0.2, 0.25) is 10.2 Å². The van der Waals surface area contributed by atoms with Gasteiger partial charge in [-0.3, -0.25) is 4.72 Å². The topological polar surface area (TPSA) is 59.1 Å². The summed E-state index contributed by atoms with van der Waals surface area (Å²) in [4.78, 5) is 3.50. The highest BCUT2D eigenvalue weighted by Crippen LogP contribution is 2.24. The van der Waals surface area contributed by atoms with E-state index in [0.717, 1.165) is 12.3 Å². The summed E-state index contributed by atoms with van der Waals surface area (Å²) in [7, 11) is -3.90. The fourth-order valence-electron chi connectivity index (χ4n) is 1.42. The van der Waals surface area contributed by atoms with Crippen LogP contribution in [0.25, 0.3) is 0 Å². The monoisotopic (exact) mass is 334 g/mol. The third-order valence-electron chi connectivity index (χ3n) is 2.51. The SMILES string of the molecule is Cc1ccc(NS(=O)(=O)c2cnc(Cl)c(Cl)c2)cc1F. The number of nitrogens with zero attached hydrogens (tertiary/aromatic N) is 1. The zero-order valence-corrected chi connectivity index (χ0v) is 12.5. The Morgan fingerprint density at radius 3 is 2.55 bits per heavy atom. The average Bonchev–Trinajstić information content (AvgIpc) is 2.37. The number of anilines is 1. The van der Waals surface area contributed by atoms with E-state index >= 15 is 0 Å². The van der Waals surface area contributed by atoms with Crippen molar-refractivity contribution in [1.29, 1.82) is 0 Å². The second kappa shape index (κ2) is 5.55. The van der Waals surface area contributed by atoms with E-state index in [2.05, 4.69) is 9.71 Å². The fourth-order valence-corrected chi connectivity index (χ4v) is 2.78. The van der Waals surface area contributed by atoms with E-state index in [1.165, 1.54) is 18.2 Å². The maximum atomic E-state index is 13.4. The molecule has 2 rings (SSSR count). The summed E-state index contributed by atoms with van der Waals surface area (Å²) in [5, 5.41) is 0.0247. The molecule has 1 aromatic carbocycles. The molecule has 0 fully saturated rings. The van der Waals surface area contributed by atoms with Crippen molar-refractivity contribution in [2.75, 3.05) is 4.72 Å². The van der Waals surface area contributed by atoms with E-state index in [1.54, 1.807) is 6.92 Å². The molecular weight excluding hydrogens is 326 g/mol. The largest absolute Gasteiger partial charge is 0.279 e. The molecule has 2 aromatic rings. The van der Waals surface area contributed by atoms with E-state index in [4.69, 9.17) is 23.2 Å². The normalized spacial score (nSPS) is 11.4. The van der Waals surface area contributed by atoms with Crippen molar-refractivity contribution < 1.29 is 12.8 Å². The summed E-state index contributed by atoms with van der Waals surface area (Å²) < 4.78 is 39.8. The van der Waals surface area contributed by atoms with E-state index in [0.29, 0.717) is 5.56 Å². The third kappa shape index (κ3) is 3.20. The highest BCUT2D eigenvalue weighted by Gasteiger charge is 2.17. The van der Waals surface area contributed by atoms with Gasteiger partial charge in [0.25, 0.3) is 10.0 Å². The summed E-state index contributed by atoms with van der Waals surface area (Å²) in [6, 6.07) is 5.20. The summed E-state index contributed by atoms with van der Waals surface area (Å²) in [6.45, 7) is 1.58. The molecule has 0 unspecified atom stereocenters. The number of aromatic nitrogens is 1. The van der Waals surface area contributed by atoms with Crippen molar-refractivity contribution in [3.05, 3.63) is 52.0 Å². The minimum absolute atomic E-state index is 0.00648. The molecule has 1 aromatic heterocycles. The Morgan fingerprint density at radius 2 is 1.95 bits per heavy atom. The maximum Gasteiger partial charge on any atom is 0.263 e. The number of pyridine rings is 1. The Bertz CT molecular complexity index is 766. The van der Waals surface area contributed by atoms with E-state index in [-0.39, 0.29) is 20.8 Å². The molecule has 0 atom stereocenters. The number of hydrogen-bond acceptors (Lipinski definition) is 3. The predicted octanol–water partition coefficient (Wildman–Crippen LogP) is 3.64. The molecule has 1 heterocycles. The first-order chi connectivity index (χ1) is 9.29. The van der Waals surface area contributed by atoms with Crippen LogP contribution in [0.3, 0.4) is 0 Å². The van der Waals surface area contributed by atoms with E-state index < -0.39 is 15.8 Å². The molecule has 0 spiro atoms. The molecule has 0 aliphatic heterocycles. The van der Waals surface area contributed by atoms with Gasteiger partial charge < -0.3 is 0 Å². The summed E-state index contributed by atoms with van der Waals surface area (Å²) in [6.07, 6.45) is 1.07. The first-order valence-corrected chi connectivity index (χ1v) is 7.63. The number of aryl methyl sites for hydroxylation is 1. The van der Waals surface area contributed by atoms with Crippen LogP contribution in [0.1, 0.15) is 5.56 Å². The van der Waals surface area contributed by atoms with Gasteiger partial charge >= 0.3 is 0 Å². The number of benzene rings is 1. The van der Waals surface area contributed by atoms with Crippen LogP contribution in [0.4, 0.5) is 10.1 Å². The lowest BCUT2D eigenvalue weighted by Crippen LogP contribution is -2.13. The third-order valence-corrected chi connectivity index (χ3v) is 4.54. The van der Waals surface area contributed by atoms with Crippen molar-refractivity contribution in [2.45, 2.75) is 11.8 Å². The zero-order chi connectivity index (χ0) is 14.9.